The number of hydrogen-bond donors (Lipinski definition) is 1. The van der Waals surface area contributed by atoms with Gasteiger partial charge in [-0.15, -0.1) is 0 Å². The van der Waals surface area contributed by atoms with Gasteiger partial charge in [-0.2, -0.15) is 0 Å². The number of fused-ring (bicyclic) bond motifs is 1. The van der Waals surface area contributed by atoms with E-state index in [1.165, 1.54) is 11.1 Å². The molecule has 0 radical (unpaired) electrons. The lowest BCUT2D eigenvalue weighted by Gasteiger charge is -2.02. The first kappa shape index (κ1) is 10.8. The Hall–Kier alpha value is -2.29. The first-order valence-corrected chi connectivity index (χ1v) is 6.00. The number of aryl methyl sites for hydroxylation is 2. The van der Waals surface area contributed by atoms with Gasteiger partial charge in [0.2, 0.25) is 0 Å². The first-order valence-electron chi connectivity index (χ1n) is 6.00. The minimum Gasteiger partial charge on any atom is -0.380 e. The summed E-state index contributed by atoms with van der Waals surface area (Å²) in [5, 5.41) is 4.66. The van der Waals surface area contributed by atoms with Gasteiger partial charge in [-0.05, 0) is 36.1 Å². The van der Waals surface area contributed by atoms with Crippen molar-refractivity contribution in [2.24, 2.45) is 0 Å². The summed E-state index contributed by atoms with van der Waals surface area (Å²) in [7, 11) is 0. The van der Waals surface area contributed by atoms with E-state index in [-0.39, 0.29) is 0 Å². The molecule has 3 nitrogen and oxygen atoms in total. The number of rotatable bonds is 3. The Kier molecular flexibility index (Phi) is 2.73. The highest BCUT2D eigenvalue weighted by molar-refractivity contribution is 5.87. The number of benzene rings is 2. The van der Waals surface area contributed by atoms with Crippen LogP contribution >= 0.6 is 0 Å². The van der Waals surface area contributed by atoms with Crippen LogP contribution in [0.25, 0.3) is 11.0 Å². The molecule has 0 saturated carbocycles. The molecule has 0 unspecified atom stereocenters. The largest absolute Gasteiger partial charge is 0.380 e. The number of nitrogens with zero attached hydrogens (tertiary/aromatic N) is 1. The third-order valence-electron chi connectivity index (χ3n) is 3.11. The number of aromatic nitrogens is 1. The lowest BCUT2D eigenvalue weighted by Crippen LogP contribution is -1.91. The number of anilines is 1. The minimum absolute atomic E-state index is 0.464. The molecule has 2 aromatic carbocycles. The molecule has 1 heterocycles. The van der Waals surface area contributed by atoms with Crippen molar-refractivity contribution in [3.05, 3.63) is 59.7 Å². The van der Waals surface area contributed by atoms with Crippen LogP contribution in [0.5, 0.6) is 0 Å². The second-order valence-corrected chi connectivity index (χ2v) is 4.38. The van der Waals surface area contributed by atoms with Crippen molar-refractivity contribution >= 4 is 16.8 Å². The normalized spacial score (nSPS) is 10.9. The lowest BCUT2D eigenvalue weighted by atomic mass is 10.0. The van der Waals surface area contributed by atoms with Crippen LogP contribution < -0.4 is 5.73 Å². The molecule has 0 amide bonds. The predicted octanol–water partition coefficient (Wildman–Crippen LogP) is 3.20. The molecule has 3 rings (SSSR count). The van der Waals surface area contributed by atoms with Crippen molar-refractivity contribution in [3.63, 3.8) is 0 Å². The molecule has 0 aliphatic heterocycles. The van der Waals surface area contributed by atoms with Gasteiger partial charge in [-0.3, -0.25) is 0 Å². The second kappa shape index (κ2) is 4.53. The smallest absolute Gasteiger partial charge is 0.174 e. The van der Waals surface area contributed by atoms with Crippen LogP contribution in [-0.2, 0) is 12.8 Å². The average Bonchev–Trinajstić information content (AvgIpc) is 2.79. The van der Waals surface area contributed by atoms with Crippen LogP contribution in [0.4, 0.5) is 5.82 Å². The molecule has 0 spiro atoms. The fraction of sp³-hybridized carbons (Fsp3) is 0.133. The fourth-order valence-corrected chi connectivity index (χ4v) is 2.09. The highest BCUT2D eigenvalue weighted by Crippen LogP contribution is 2.22. The summed E-state index contributed by atoms with van der Waals surface area (Å²) < 4.78 is 5.09. The van der Waals surface area contributed by atoms with E-state index < -0.39 is 0 Å². The SMILES string of the molecule is Nc1noc2ccc(CCc3ccccc3)cc12. The topological polar surface area (TPSA) is 52.0 Å². The van der Waals surface area contributed by atoms with Crippen LogP contribution in [-0.4, -0.2) is 5.16 Å². The van der Waals surface area contributed by atoms with Crippen molar-refractivity contribution in [3.8, 4) is 0 Å². The Morgan fingerprint density at radius 2 is 1.72 bits per heavy atom. The lowest BCUT2D eigenvalue weighted by molar-refractivity contribution is 0.460. The highest BCUT2D eigenvalue weighted by atomic mass is 16.5. The molecule has 2 N–H and O–H groups in total. The van der Waals surface area contributed by atoms with Crippen molar-refractivity contribution in [2.45, 2.75) is 12.8 Å². The fourth-order valence-electron chi connectivity index (χ4n) is 2.09. The van der Waals surface area contributed by atoms with Gasteiger partial charge in [0, 0.05) is 0 Å². The highest BCUT2D eigenvalue weighted by Gasteiger charge is 2.05. The third-order valence-corrected chi connectivity index (χ3v) is 3.11. The molecule has 0 fully saturated rings. The average molecular weight is 238 g/mol. The summed E-state index contributed by atoms with van der Waals surface area (Å²) in [5.74, 6) is 0.464. The Bertz CT molecular complexity index is 659. The molecule has 0 aliphatic carbocycles. The van der Waals surface area contributed by atoms with E-state index in [4.69, 9.17) is 10.3 Å². The maximum atomic E-state index is 5.75. The van der Waals surface area contributed by atoms with Crippen molar-refractivity contribution in [2.75, 3.05) is 5.73 Å². The van der Waals surface area contributed by atoms with Gasteiger partial charge in [0.05, 0.1) is 5.39 Å². The van der Waals surface area contributed by atoms with E-state index in [1.807, 2.05) is 12.1 Å². The molecule has 0 bridgehead atoms. The van der Waals surface area contributed by atoms with Gasteiger partial charge < -0.3 is 10.3 Å². The Morgan fingerprint density at radius 3 is 2.56 bits per heavy atom. The van der Waals surface area contributed by atoms with E-state index >= 15 is 0 Å². The van der Waals surface area contributed by atoms with Crippen molar-refractivity contribution < 1.29 is 4.52 Å². The summed E-state index contributed by atoms with van der Waals surface area (Å²) in [4.78, 5) is 0. The summed E-state index contributed by atoms with van der Waals surface area (Å²) in [6.07, 6.45) is 2.02. The molecular formula is C15H14N2O. The van der Waals surface area contributed by atoms with Crippen LogP contribution in [0.1, 0.15) is 11.1 Å². The van der Waals surface area contributed by atoms with Gasteiger partial charge in [-0.1, -0.05) is 41.6 Å². The summed E-state index contributed by atoms with van der Waals surface area (Å²) in [6.45, 7) is 0. The molecule has 1 aromatic heterocycles. The molecule has 3 heteroatoms. The molecule has 18 heavy (non-hydrogen) atoms. The molecule has 0 saturated heterocycles. The van der Waals surface area contributed by atoms with Crippen LogP contribution in [0.15, 0.2) is 53.1 Å². The molecule has 0 aliphatic rings. The quantitative estimate of drug-likeness (QED) is 0.762. The molecule has 3 aromatic rings. The van der Waals surface area contributed by atoms with Gasteiger partial charge in [-0.25, -0.2) is 0 Å². The monoisotopic (exact) mass is 238 g/mol. The summed E-state index contributed by atoms with van der Waals surface area (Å²) in [6, 6.07) is 16.5. The Labute approximate surface area is 105 Å². The molecule has 0 atom stereocenters. The van der Waals surface area contributed by atoms with Crippen LogP contribution in [0.3, 0.4) is 0 Å². The zero-order valence-electron chi connectivity index (χ0n) is 9.97. The first-order chi connectivity index (χ1) is 8.83. The molecular weight excluding hydrogens is 224 g/mol. The number of nitrogens with two attached hydrogens (primary N) is 1. The maximum Gasteiger partial charge on any atom is 0.174 e. The van der Waals surface area contributed by atoms with E-state index in [1.54, 1.807) is 0 Å². The van der Waals surface area contributed by atoms with Gasteiger partial charge in [0.15, 0.2) is 11.4 Å². The van der Waals surface area contributed by atoms with Crippen LogP contribution in [0.2, 0.25) is 0 Å². The predicted molar refractivity (Wildman–Crippen MR) is 72.3 cm³/mol. The van der Waals surface area contributed by atoms with Gasteiger partial charge in [0.25, 0.3) is 0 Å². The zero-order chi connectivity index (χ0) is 12.4. The van der Waals surface area contributed by atoms with Crippen molar-refractivity contribution in [1.29, 1.82) is 0 Å². The van der Waals surface area contributed by atoms with Gasteiger partial charge in [0.1, 0.15) is 0 Å². The maximum absolute atomic E-state index is 5.75. The standard InChI is InChI=1S/C15H14N2O/c16-15-13-10-12(8-9-14(13)18-17-15)7-6-11-4-2-1-3-5-11/h1-5,8-10H,6-7H2,(H2,16,17). The number of hydrogen-bond acceptors (Lipinski definition) is 3. The van der Waals surface area contributed by atoms with E-state index in [0.29, 0.717) is 5.82 Å². The van der Waals surface area contributed by atoms with E-state index in [0.717, 1.165) is 23.8 Å². The third kappa shape index (κ3) is 2.07. The minimum atomic E-state index is 0.464. The van der Waals surface area contributed by atoms with E-state index in [2.05, 4.69) is 41.6 Å². The Balaban J connectivity index is 1.80. The number of nitrogen functional groups attached to an aromatic ring is 1. The second-order valence-electron chi connectivity index (χ2n) is 4.38. The summed E-state index contributed by atoms with van der Waals surface area (Å²) in [5.41, 5.74) is 9.09. The summed E-state index contributed by atoms with van der Waals surface area (Å²) >= 11 is 0. The Morgan fingerprint density at radius 1 is 0.944 bits per heavy atom. The van der Waals surface area contributed by atoms with Crippen molar-refractivity contribution in [1.82, 2.24) is 5.16 Å². The van der Waals surface area contributed by atoms with Gasteiger partial charge >= 0.3 is 0 Å². The van der Waals surface area contributed by atoms with Crippen LogP contribution in [0, 0.1) is 0 Å². The molecule has 90 valence electrons. The van der Waals surface area contributed by atoms with E-state index in [9.17, 15) is 0 Å². The zero-order valence-corrected chi connectivity index (χ0v) is 9.97.